The molecule has 0 aliphatic heterocycles. The molecule has 2 aliphatic rings. The van der Waals surface area contributed by atoms with Gasteiger partial charge in [-0.1, -0.05) is 60.5 Å². The molecule has 0 unspecified atom stereocenters. The third-order valence-electron chi connectivity index (χ3n) is 5.08. The van der Waals surface area contributed by atoms with E-state index in [1.165, 1.54) is 60.5 Å². The van der Waals surface area contributed by atoms with Gasteiger partial charge in [-0.05, 0) is 39.5 Å². The van der Waals surface area contributed by atoms with Crippen LogP contribution in [0.5, 0.6) is 0 Å². The van der Waals surface area contributed by atoms with Crippen LogP contribution in [-0.4, -0.2) is 44.6 Å². The molecule has 2 saturated carbocycles. The maximum Gasteiger partial charge on any atom is 0.233 e. The van der Waals surface area contributed by atoms with Crippen molar-refractivity contribution in [2.75, 3.05) is 0 Å². The van der Waals surface area contributed by atoms with E-state index in [2.05, 4.69) is 20.8 Å². The van der Waals surface area contributed by atoms with E-state index in [0.29, 0.717) is 12.1 Å². The summed E-state index contributed by atoms with van der Waals surface area (Å²) in [5.41, 5.74) is 0. The van der Waals surface area contributed by atoms with Crippen LogP contribution in [0.3, 0.4) is 0 Å². The normalized spacial score (nSPS) is 20.5. The van der Waals surface area contributed by atoms with Crippen LogP contribution in [0.2, 0.25) is 0 Å². The molecule has 0 saturated heterocycles. The van der Waals surface area contributed by atoms with E-state index < -0.39 is 0 Å². The molecule has 27 heavy (non-hydrogen) atoms. The molecule has 1 aromatic rings. The van der Waals surface area contributed by atoms with E-state index in [1.807, 2.05) is 13.8 Å². The fourth-order valence-corrected chi connectivity index (χ4v) is 6.81. The molecule has 2 amide bonds. The van der Waals surface area contributed by atoms with Crippen molar-refractivity contribution >= 4 is 46.7 Å². The molecular formula is C18H28N4O2S3. The molecule has 150 valence electrons. The Labute approximate surface area is 173 Å². The lowest BCUT2D eigenvalue weighted by Gasteiger charge is -2.15. The third kappa shape index (κ3) is 6.35. The number of rotatable bonds is 8. The Hall–Kier alpha value is -0.800. The average molecular weight is 429 g/mol. The lowest BCUT2D eigenvalue weighted by Crippen LogP contribution is -2.37. The standard InChI is InChI=1S/C18H28N4O2S3/c1-11(15(23)19-13-7-3-4-8-13)25-17-21-22-18(27-17)26-12(2)16(24)20-14-9-5-6-10-14/h11-14H,3-10H2,1-2H3,(H,19,23)(H,20,24)/t11-,12-/m1/s1. The maximum absolute atomic E-state index is 12.3. The molecule has 2 N–H and O–H groups in total. The van der Waals surface area contributed by atoms with Crippen molar-refractivity contribution < 1.29 is 9.59 Å². The minimum atomic E-state index is -0.195. The molecule has 1 heterocycles. The highest BCUT2D eigenvalue weighted by Gasteiger charge is 2.24. The van der Waals surface area contributed by atoms with E-state index in [-0.39, 0.29) is 22.3 Å². The quantitative estimate of drug-likeness (QED) is 0.615. The largest absolute Gasteiger partial charge is 0.352 e. The summed E-state index contributed by atoms with van der Waals surface area (Å²) >= 11 is 4.33. The molecule has 0 spiro atoms. The van der Waals surface area contributed by atoms with Crippen molar-refractivity contribution in [1.29, 1.82) is 0 Å². The number of carbonyl (C=O) groups excluding carboxylic acids is 2. The number of aromatic nitrogens is 2. The van der Waals surface area contributed by atoms with Gasteiger partial charge >= 0.3 is 0 Å². The summed E-state index contributed by atoms with van der Waals surface area (Å²) in [5, 5.41) is 14.2. The summed E-state index contributed by atoms with van der Waals surface area (Å²) in [6.07, 6.45) is 9.16. The Balaban J connectivity index is 1.44. The van der Waals surface area contributed by atoms with Gasteiger partial charge in [0.25, 0.3) is 0 Å². The minimum absolute atomic E-state index is 0.0700. The van der Waals surface area contributed by atoms with Crippen LogP contribution in [0.4, 0.5) is 0 Å². The Kier molecular flexibility index (Phi) is 7.84. The first-order valence-corrected chi connectivity index (χ1v) is 12.4. The molecule has 3 rings (SSSR count). The molecule has 2 aliphatic carbocycles. The first kappa shape index (κ1) is 20.9. The van der Waals surface area contributed by atoms with Crippen LogP contribution < -0.4 is 10.6 Å². The monoisotopic (exact) mass is 428 g/mol. The van der Waals surface area contributed by atoms with Gasteiger partial charge in [-0.2, -0.15) is 0 Å². The van der Waals surface area contributed by atoms with Crippen LogP contribution in [-0.2, 0) is 9.59 Å². The zero-order chi connectivity index (χ0) is 19.2. The topological polar surface area (TPSA) is 84.0 Å². The molecule has 2 fully saturated rings. The Morgan fingerprint density at radius 1 is 0.852 bits per heavy atom. The van der Waals surface area contributed by atoms with Gasteiger partial charge in [0.05, 0.1) is 10.5 Å². The maximum atomic E-state index is 12.3. The molecule has 9 heteroatoms. The number of amides is 2. The van der Waals surface area contributed by atoms with Crippen molar-refractivity contribution in [2.45, 2.75) is 96.5 Å². The molecule has 0 aromatic carbocycles. The van der Waals surface area contributed by atoms with Crippen LogP contribution in [0, 0.1) is 0 Å². The zero-order valence-electron chi connectivity index (χ0n) is 15.9. The number of hydrogen-bond donors (Lipinski definition) is 2. The van der Waals surface area contributed by atoms with Crippen molar-refractivity contribution in [3.8, 4) is 0 Å². The summed E-state index contributed by atoms with van der Waals surface area (Å²) in [6.45, 7) is 3.81. The smallest absolute Gasteiger partial charge is 0.233 e. The van der Waals surface area contributed by atoms with E-state index in [1.54, 1.807) is 0 Å². The molecule has 6 nitrogen and oxygen atoms in total. The van der Waals surface area contributed by atoms with Crippen LogP contribution >= 0.6 is 34.9 Å². The van der Waals surface area contributed by atoms with Crippen molar-refractivity contribution in [3.05, 3.63) is 0 Å². The van der Waals surface area contributed by atoms with Crippen LogP contribution in [0.1, 0.15) is 65.2 Å². The third-order valence-corrected chi connectivity index (χ3v) is 8.38. The number of hydrogen-bond acceptors (Lipinski definition) is 7. The van der Waals surface area contributed by atoms with Gasteiger partial charge in [-0.3, -0.25) is 9.59 Å². The van der Waals surface area contributed by atoms with Gasteiger partial charge < -0.3 is 10.6 Å². The fraction of sp³-hybridized carbons (Fsp3) is 0.778. The highest BCUT2D eigenvalue weighted by molar-refractivity contribution is 8.04. The summed E-state index contributed by atoms with van der Waals surface area (Å²) in [4.78, 5) is 24.6. The van der Waals surface area contributed by atoms with Crippen LogP contribution in [0.15, 0.2) is 8.68 Å². The van der Waals surface area contributed by atoms with Crippen molar-refractivity contribution in [3.63, 3.8) is 0 Å². The SMILES string of the molecule is C[C@@H](Sc1nnc(S[C@H](C)C(=O)NC2CCCC2)s1)C(=O)NC1CCCC1. The second kappa shape index (κ2) is 10.1. The summed E-state index contributed by atoms with van der Waals surface area (Å²) in [7, 11) is 0. The van der Waals surface area contributed by atoms with Gasteiger partial charge in [-0.15, -0.1) is 10.2 Å². The Bertz CT molecular complexity index is 590. The summed E-state index contributed by atoms with van der Waals surface area (Å²) in [5.74, 6) is 0.140. The number of thioether (sulfide) groups is 2. The highest BCUT2D eigenvalue weighted by Crippen LogP contribution is 2.33. The lowest BCUT2D eigenvalue weighted by atomic mass is 10.2. The molecule has 0 bridgehead atoms. The van der Waals surface area contributed by atoms with Gasteiger partial charge in [0.1, 0.15) is 0 Å². The van der Waals surface area contributed by atoms with Gasteiger partial charge in [-0.25, -0.2) is 0 Å². The van der Waals surface area contributed by atoms with Gasteiger partial charge in [0.15, 0.2) is 8.68 Å². The Morgan fingerprint density at radius 3 is 1.59 bits per heavy atom. The molecular weight excluding hydrogens is 400 g/mol. The van der Waals surface area contributed by atoms with Gasteiger partial charge in [0, 0.05) is 12.1 Å². The molecule has 2 atom stereocenters. The van der Waals surface area contributed by atoms with Crippen LogP contribution in [0.25, 0.3) is 0 Å². The minimum Gasteiger partial charge on any atom is -0.352 e. The Morgan fingerprint density at radius 2 is 1.22 bits per heavy atom. The second-order valence-corrected chi connectivity index (χ2v) is 11.5. The predicted octanol–water partition coefficient (Wildman–Crippen LogP) is 3.62. The zero-order valence-corrected chi connectivity index (χ0v) is 18.4. The fourth-order valence-electron chi connectivity index (χ4n) is 3.48. The number of nitrogens with zero attached hydrogens (tertiary/aromatic N) is 2. The van der Waals surface area contributed by atoms with E-state index >= 15 is 0 Å². The van der Waals surface area contributed by atoms with E-state index in [9.17, 15) is 9.59 Å². The molecule has 0 radical (unpaired) electrons. The predicted molar refractivity (Wildman–Crippen MR) is 111 cm³/mol. The molecule has 1 aromatic heterocycles. The van der Waals surface area contributed by atoms with E-state index in [0.717, 1.165) is 34.4 Å². The summed E-state index contributed by atoms with van der Waals surface area (Å²) in [6, 6.07) is 0.667. The first-order valence-electron chi connectivity index (χ1n) is 9.79. The van der Waals surface area contributed by atoms with Crippen molar-refractivity contribution in [1.82, 2.24) is 20.8 Å². The highest BCUT2D eigenvalue weighted by atomic mass is 32.2. The second-order valence-electron chi connectivity index (χ2n) is 7.33. The van der Waals surface area contributed by atoms with E-state index in [4.69, 9.17) is 0 Å². The lowest BCUT2D eigenvalue weighted by molar-refractivity contribution is -0.121. The van der Waals surface area contributed by atoms with Crippen molar-refractivity contribution in [2.24, 2.45) is 0 Å². The summed E-state index contributed by atoms with van der Waals surface area (Å²) < 4.78 is 1.55. The van der Waals surface area contributed by atoms with Gasteiger partial charge in [0.2, 0.25) is 11.8 Å². The number of nitrogens with one attached hydrogen (secondary N) is 2. The average Bonchev–Trinajstić information content (AvgIpc) is 3.38. The number of carbonyl (C=O) groups is 2. The first-order chi connectivity index (χ1) is 13.0.